The third-order valence-electron chi connectivity index (χ3n) is 9.22. The standard InChI is InChI=1S/C36H52O4/c1-8-20-36(7,9-2)35(38)39-21-19-26(5)27(6)28-13-10-14-29(22-28)30-15-11-16-31(23-30)32-17-12-18-33(24-32)40-34(37)25(3)4/h10-11,13-16,22-23,25-27,32-33H,8-9,12,17-21,24H2,1-7H3. The molecule has 1 aliphatic rings. The van der Waals surface area contributed by atoms with Gasteiger partial charge in [-0.15, -0.1) is 0 Å². The first-order valence-electron chi connectivity index (χ1n) is 15.7. The second-order valence-corrected chi connectivity index (χ2v) is 12.7. The first-order chi connectivity index (χ1) is 19.1. The second-order valence-electron chi connectivity index (χ2n) is 12.7. The minimum atomic E-state index is -0.371. The lowest BCUT2D eigenvalue weighted by Gasteiger charge is -2.30. The van der Waals surface area contributed by atoms with Gasteiger partial charge in [0.2, 0.25) is 0 Å². The number of esters is 2. The highest BCUT2D eigenvalue weighted by atomic mass is 16.5. The van der Waals surface area contributed by atoms with Crippen LogP contribution in [0.25, 0.3) is 11.1 Å². The molecular formula is C36H52O4. The molecule has 4 nitrogen and oxygen atoms in total. The van der Waals surface area contributed by atoms with E-state index in [1.54, 1.807) is 0 Å². The van der Waals surface area contributed by atoms with Crippen molar-refractivity contribution in [3.8, 4) is 11.1 Å². The van der Waals surface area contributed by atoms with Gasteiger partial charge in [0, 0.05) is 0 Å². The summed E-state index contributed by atoms with van der Waals surface area (Å²) >= 11 is 0. The minimum Gasteiger partial charge on any atom is -0.465 e. The van der Waals surface area contributed by atoms with E-state index in [0.29, 0.717) is 24.4 Å². The van der Waals surface area contributed by atoms with Gasteiger partial charge < -0.3 is 9.47 Å². The number of carbonyl (C=O) groups is 2. The summed E-state index contributed by atoms with van der Waals surface area (Å²) in [4.78, 5) is 24.8. The van der Waals surface area contributed by atoms with Crippen molar-refractivity contribution in [2.45, 2.75) is 118 Å². The molecule has 40 heavy (non-hydrogen) atoms. The van der Waals surface area contributed by atoms with Crippen molar-refractivity contribution in [3.05, 3.63) is 59.7 Å². The van der Waals surface area contributed by atoms with Crippen molar-refractivity contribution in [3.63, 3.8) is 0 Å². The highest BCUT2D eigenvalue weighted by molar-refractivity contribution is 5.76. The average molecular weight is 549 g/mol. The summed E-state index contributed by atoms with van der Waals surface area (Å²) < 4.78 is 11.5. The SMILES string of the molecule is CCCC(C)(CC)C(=O)OCCC(C)C(C)c1cccc(-c2cccc(C3CCCC(OC(=O)C(C)C)C3)c2)c1. The highest BCUT2D eigenvalue weighted by Crippen LogP contribution is 2.37. The van der Waals surface area contributed by atoms with E-state index in [-0.39, 0.29) is 29.4 Å². The van der Waals surface area contributed by atoms with Crippen molar-refractivity contribution >= 4 is 11.9 Å². The van der Waals surface area contributed by atoms with Crippen molar-refractivity contribution in [2.75, 3.05) is 6.61 Å². The van der Waals surface area contributed by atoms with Crippen molar-refractivity contribution in [1.82, 2.24) is 0 Å². The van der Waals surface area contributed by atoms with Gasteiger partial charge in [-0.1, -0.05) is 96.5 Å². The van der Waals surface area contributed by atoms with E-state index in [1.165, 1.54) is 22.3 Å². The molecule has 0 spiro atoms. The Morgan fingerprint density at radius 1 is 0.975 bits per heavy atom. The maximum atomic E-state index is 12.7. The second kappa shape index (κ2) is 14.8. The minimum absolute atomic E-state index is 0.0182. The molecule has 0 bridgehead atoms. The van der Waals surface area contributed by atoms with Gasteiger partial charge in [-0.05, 0) is 91.9 Å². The van der Waals surface area contributed by atoms with Gasteiger partial charge in [0.1, 0.15) is 6.10 Å². The Labute approximate surface area is 243 Å². The average Bonchev–Trinajstić information content (AvgIpc) is 2.96. The summed E-state index contributed by atoms with van der Waals surface area (Å²) in [5.41, 5.74) is 4.72. The number of ether oxygens (including phenoxy) is 2. The molecule has 2 aromatic rings. The van der Waals surface area contributed by atoms with Gasteiger partial charge in [-0.3, -0.25) is 9.59 Å². The van der Waals surface area contributed by atoms with Gasteiger partial charge in [-0.25, -0.2) is 0 Å². The fourth-order valence-electron chi connectivity index (χ4n) is 5.89. The summed E-state index contributed by atoms with van der Waals surface area (Å²) in [5.74, 6) is 0.926. The molecule has 4 heteroatoms. The van der Waals surface area contributed by atoms with Crippen LogP contribution in [0.2, 0.25) is 0 Å². The van der Waals surface area contributed by atoms with Crippen LogP contribution in [-0.4, -0.2) is 24.6 Å². The van der Waals surface area contributed by atoms with Crippen LogP contribution in [0.1, 0.15) is 123 Å². The molecule has 5 atom stereocenters. The lowest BCUT2D eigenvalue weighted by Crippen LogP contribution is -2.29. The Balaban J connectivity index is 1.64. The van der Waals surface area contributed by atoms with Gasteiger partial charge in [-0.2, -0.15) is 0 Å². The molecule has 0 heterocycles. The van der Waals surface area contributed by atoms with Crippen LogP contribution in [-0.2, 0) is 19.1 Å². The molecule has 3 rings (SSSR count). The van der Waals surface area contributed by atoms with Crippen LogP contribution in [0, 0.1) is 17.3 Å². The van der Waals surface area contributed by atoms with Crippen molar-refractivity contribution in [1.29, 1.82) is 0 Å². The molecule has 5 unspecified atom stereocenters. The molecule has 220 valence electrons. The quantitative estimate of drug-likeness (QED) is 0.234. The molecule has 0 saturated heterocycles. The topological polar surface area (TPSA) is 52.6 Å². The molecule has 1 saturated carbocycles. The molecule has 0 amide bonds. The van der Waals surface area contributed by atoms with Gasteiger partial charge in [0.15, 0.2) is 0 Å². The largest absolute Gasteiger partial charge is 0.465 e. The number of hydrogen-bond donors (Lipinski definition) is 0. The van der Waals surface area contributed by atoms with E-state index >= 15 is 0 Å². The zero-order valence-corrected chi connectivity index (χ0v) is 26.0. The first kappa shape index (κ1) is 31.9. The molecule has 1 aliphatic carbocycles. The first-order valence-corrected chi connectivity index (χ1v) is 15.7. The Hall–Kier alpha value is -2.62. The molecule has 0 N–H and O–H groups in total. The van der Waals surface area contributed by atoms with Crippen LogP contribution in [0.5, 0.6) is 0 Å². The van der Waals surface area contributed by atoms with E-state index in [4.69, 9.17) is 9.47 Å². The zero-order chi connectivity index (χ0) is 29.3. The molecule has 1 fully saturated rings. The van der Waals surface area contributed by atoms with E-state index in [9.17, 15) is 9.59 Å². The predicted molar refractivity (Wildman–Crippen MR) is 164 cm³/mol. The summed E-state index contributed by atoms with van der Waals surface area (Å²) in [6.45, 7) is 15.0. The van der Waals surface area contributed by atoms with E-state index in [1.807, 2.05) is 20.8 Å². The Morgan fingerprint density at radius 3 is 2.35 bits per heavy atom. The van der Waals surface area contributed by atoms with Gasteiger partial charge in [0.25, 0.3) is 0 Å². The lowest BCUT2D eigenvalue weighted by molar-refractivity contribution is -0.156. The van der Waals surface area contributed by atoms with E-state index < -0.39 is 0 Å². The third-order valence-corrected chi connectivity index (χ3v) is 9.22. The number of rotatable bonds is 13. The number of hydrogen-bond acceptors (Lipinski definition) is 4. The molecule has 0 aliphatic heterocycles. The molecule has 0 radical (unpaired) electrons. The summed E-state index contributed by atoms with van der Waals surface area (Å²) in [6, 6.07) is 17.8. The maximum absolute atomic E-state index is 12.7. The molecule has 2 aromatic carbocycles. The monoisotopic (exact) mass is 548 g/mol. The normalized spacial score (nSPS) is 20.4. The lowest BCUT2D eigenvalue weighted by atomic mass is 9.81. The Kier molecular flexibility index (Phi) is 11.8. The van der Waals surface area contributed by atoms with Crippen LogP contribution in [0.4, 0.5) is 0 Å². The van der Waals surface area contributed by atoms with Gasteiger partial charge in [0.05, 0.1) is 17.9 Å². The summed E-state index contributed by atoms with van der Waals surface area (Å²) in [5, 5.41) is 0. The van der Waals surface area contributed by atoms with Crippen LogP contribution < -0.4 is 0 Å². The van der Waals surface area contributed by atoms with E-state index in [0.717, 1.165) is 51.4 Å². The summed E-state index contributed by atoms with van der Waals surface area (Å²) in [6.07, 6.45) is 7.62. The molecular weight excluding hydrogens is 496 g/mol. The van der Waals surface area contributed by atoms with Crippen molar-refractivity contribution in [2.24, 2.45) is 17.3 Å². The highest BCUT2D eigenvalue weighted by Gasteiger charge is 2.32. The predicted octanol–water partition coefficient (Wildman–Crippen LogP) is 9.47. The van der Waals surface area contributed by atoms with E-state index in [2.05, 4.69) is 76.2 Å². The Morgan fingerprint density at radius 2 is 1.68 bits per heavy atom. The van der Waals surface area contributed by atoms with Crippen molar-refractivity contribution < 1.29 is 19.1 Å². The Bertz CT molecular complexity index is 1110. The fourth-order valence-corrected chi connectivity index (χ4v) is 5.89. The van der Waals surface area contributed by atoms with Gasteiger partial charge >= 0.3 is 11.9 Å². The number of carbonyl (C=O) groups excluding carboxylic acids is 2. The van der Waals surface area contributed by atoms with Crippen LogP contribution in [0.3, 0.4) is 0 Å². The third kappa shape index (κ3) is 8.44. The smallest absolute Gasteiger partial charge is 0.311 e. The zero-order valence-electron chi connectivity index (χ0n) is 26.0. The fraction of sp³-hybridized carbons (Fsp3) is 0.611. The summed E-state index contributed by atoms with van der Waals surface area (Å²) in [7, 11) is 0. The maximum Gasteiger partial charge on any atom is 0.311 e. The number of benzene rings is 2. The van der Waals surface area contributed by atoms with Crippen LogP contribution >= 0.6 is 0 Å². The van der Waals surface area contributed by atoms with Crippen LogP contribution in [0.15, 0.2) is 48.5 Å². The molecule has 0 aromatic heterocycles.